The first-order valence-electron chi connectivity index (χ1n) is 12.5. The number of ether oxygens (including phenoxy) is 2. The number of piperidine rings is 1. The number of benzene rings is 3. The van der Waals surface area contributed by atoms with Crippen LogP contribution < -0.4 is 0 Å². The molecular weight excluding hydrogens is 490 g/mol. The van der Waals surface area contributed by atoms with Crippen molar-refractivity contribution in [2.24, 2.45) is 0 Å². The van der Waals surface area contributed by atoms with Gasteiger partial charge in [-0.15, -0.1) is 12.4 Å². The lowest BCUT2D eigenvalue weighted by Gasteiger charge is -2.40. The van der Waals surface area contributed by atoms with E-state index in [0.717, 1.165) is 5.56 Å². The molecule has 0 radical (unpaired) electrons. The Bertz CT molecular complexity index is 1090. The van der Waals surface area contributed by atoms with E-state index in [0.29, 0.717) is 50.2 Å². The standard InChI is InChI=1S/C30H33NO5.ClH/c1-2-35-27(32)29(24-12-6-3-7-13-24)18-20-31(21-19-29)22-23-36-28(33)30(34,25-14-8-4-9-15-25)26-16-10-5-11-17-26;/h3-17,34H,2,18-23H2,1H3;1H. The van der Waals surface area contributed by atoms with Crippen LogP contribution in [0.3, 0.4) is 0 Å². The van der Waals surface area contributed by atoms with Crippen LogP contribution in [0.5, 0.6) is 0 Å². The second-order valence-corrected chi connectivity index (χ2v) is 9.09. The molecule has 0 amide bonds. The number of carbonyl (C=O) groups excluding carboxylic acids is 2. The van der Waals surface area contributed by atoms with Crippen molar-refractivity contribution < 1.29 is 24.2 Å². The molecule has 0 bridgehead atoms. The van der Waals surface area contributed by atoms with Crippen molar-refractivity contribution in [3.8, 4) is 0 Å². The topological polar surface area (TPSA) is 76.1 Å². The molecule has 1 N–H and O–H groups in total. The number of nitrogens with zero attached hydrogens (tertiary/aromatic N) is 1. The quantitative estimate of drug-likeness (QED) is 0.417. The van der Waals surface area contributed by atoms with E-state index in [1.165, 1.54) is 0 Å². The predicted molar refractivity (Wildman–Crippen MR) is 145 cm³/mol. The number of esters is 2. The van der Waals surface area contributed by atoms with E-state index < -0.39 is 17.0 Å². The second kappa shape index (κ2) is 12.9. The van der Waals surface area contributed by atoms with Gasteiger partial charge in [-0.3, -0.25) is 9.69 Å². The molecule has 0 spiro atoms. The molecule has 1 aliphatic rings. The molecule has 0 unspecified atom stereocenters. The number of aliphatic hydroxyl groups is 1. The first kappa shape index (κ1) is 28.4. The third-order valence-corrected chi connectivity index (χ3v) is 7.02. The molecule has 6 nitrogen and oxygen atoms in total. The largest absolute Gasteiger partial charge is 0.465 e. The van der Waals surface area contributed by atoms with Crippen LogP contribution in [0.2, 0.25) is 0 Å². The Morgan fingerprint density at radius 1 is 0.838 bits per heavy atom. The Kier molecular flexibility index (Phi) is 9.86. The third-order valence-electron chi connectivity index (χ3n) is 7.02. The molecule has 1 saturated heterocycles. The van der Waals surface area contributed by atoms with Crippen molar-refractivity contribution in [3.63, 3.8) is 0 Å². The third kappa shape index (κ3) is 6.04. The lowest BCUT2D eigenvalue weighted by molar-refractivity contribution is -0.162. The van der Waals surface area contributed by atoms with E-state index in [2.05, 4.69) is 4.90 Å². The molecule has 196 valence electrons. The Labute approximate surface area is 224 Å². The van der Waals surface area contributed by atoms with Gasteiger partial charge in [0.15, 0.2) is 0 Å². The highest BCUT2D eigenvalue weighted by atomic mass is 35.5. The maximum Gasteiger partial charge on any atom is 0.347 e. The number of likely N-dealkylation sites (tertiary alicyclic amines) is 1. The van der Waals surface area contributed by atoms with Gasteiger partial charge in [0.25, 0.3) is 0 Å². The molecule has 1 aliphatic heterocycles. The summed E-state index contributed by atoms with van der Waals surface area (Å²) in [5.41, 5.74) is -0.657. The zero-order chi connectivity index (χ0) is 25.4. The van der Waals surface area contributed by atoms with Crippen LogP contribution in [-0.4, -0.2) is 54.8 Å². The lowest BCUT2D eigenvalue weighted by Crippen LogP contribution is -2.49. The minimum atomic E-state index is -1.89. The van der Waals surface area contributed by atoms with Crippen LogP contribution in [0.4, 0.5) is 0 Å². The molecule has 0 aliphatic carbocycles. The first-order valence-corrected chi connectivity index (χ1v) is 12.5. The Morgan fingerprint density at radius 3 is 1.81 bits per heavy atom. The minimum absolute atomic E-state index is 0. The van der Waals surface area contributed by atoms with E-state index >= 15 is 0 Å². The summed E-state index contributed by atoms with van der Waals surface area (Å²) in [6.07, 6.45) is 1.25. The first-order chi connectivity index (χ1) is 17.5. The van der Waals surface area contributed by atoms with Gasteiger partial charge in [-0.05, 0) is 49.5 Å². The fourth-order valence-corrected chi connectivity index (χ4v) is 4.93. The van der Waals surface area contributed by atoms with Crippen molar-refractivity contribution in [3.05, 3.63) is 108 Å². The normalized spacial score (nSPS) is 15.3. The van der Waals surface area contributed by atoms with Crippen molar-refractivity contribution >= 4 is 24.3 Å². The summed E-state index contributed by atoms with van der Waals surface area (Å²) in [5, 5.41) is 11.5. The van der Waals surface area contributed by atoms with Gasteiger partial charge in [0.2, 0.25) is 5.60 Å². The molecule has 3 aromatic carbocycles. The summed E-state index contributed by atoms with van der Waals surface area (Å²) >= 11 is 0. The summed E-state index contributed by atoms with van der Waals surface area (Å²) in [5.74, 6) is -0.889. The van der Waals surface area contributed by atoms with Gasteiger partial charge in [0.05, 0.1) is 12.0 Å². The van der Waals surface area contributed by atoms with Gasteiger partial charge in [-0.25, -0.2) is 4.79 Å². The van der Waals surface area contributed by atoms with Crippen LogP contribution in [0, 0.1) is 0 Å². The van der Waals surface area contributed by atoms with E-state index in [4.69, 9.17) is 9.47 Å². The van der Waals surface area contributed by atoms with Gasteiger partial charge in [0, 0.05) is 6.54 Å². The fraction of sp³-hybridized carbons (Fsp3) is 0.333. The highest BCUT2D eigenvalue weighted by Gasteiger charge is 2.44. The monoisotopic (exact) mass is 523 g/mol. The van der Waals surface area contributed by atoms with Gasteiger partial charge >= 0.3 is 11.9 Å². The number of rotatable bonds is 9. The molecule has 0 aromatic heterocycles. The molecule has 1 fully saturated rings. The summed E-state index contributed by atoms with van der Waals surface area (Å²) in [4.78, 5) is 28.4. The molecule has 0 saturated carbocycles. The molecule has 0 atom stereocenters. The summed E-state index contributed by atoms with van der Waals surface area (Å²) in [6.45, 7) is 4.17. The molecule has 37 heavy (non-hydrogen) atoms. The molecule has 1 heterocycles. The molecule has 3 aromatic rings. The van der Waals surface area contributed by atoms with E-state index in [1.807, 2.05) is 49.4 Å². The molecule has 4 rings (SSSR count). The zero-order valence-corrected chi connectivity index (χ0v) is 21.9. The lowest BCUT2D eigenvalue weighted by atomic mass is 9.72. The average Bonchev–Trinajstić information content (AvgIpc) is 2.94. The highest BCUT2D eigenvalue weighted by Crippen LogP contribution is 2.37. The number of carbonyl (C=O) groups is 2. The van der Waals surface area contributed by atoms with Gasteiger partial charge in [-0.1, -0.05) is 91.0 Å². The van der Waals surface area contributed by atoms with Crippen molar-refractivity contribution in [2.45, 2.75) is 30.8 Å². The summed E-state index contributed by atoms with van der Waals surface area (Å²) in [6, 6.07) is 27.5. The smallest absolute Gasteiger partial charge is 0.347 e. The van der Waals surface area contributed by atoms with E-state index in [1.54, 1.807) is 48.5 Å². The number of halogens is 1. The van der Waals surface area contributed by atoms with Crippen LogP contribution in [0.25, 0.3) is 0 Å². The van der Waals surface area contributed by atoms with E-state index in [-0.39, 0.29) is 25.0 Å². The Balaban J connectivity index is 0.00000380. The SMILES string of the molecule is CCOC(=O)C1(c2ccccc2)CCN(CCOC(=O)C(O)(c2ccccc2)c2ccccc2)CC1.Cl. The van der Waals surface area contributed by atoms with Crippen LogP contribution in [0.15, 0.2) is 91.0 Å². The van der Waals surface area contributed by atoms with Gasteiger partial charge < -0.3 is 14.6 Å². The average molecular weight is 524 g/mol. The zero-order valence-electron chi connectivity index (χ0n) is 21.0. The predicted octanol–water partition coefficient (Wildman–Crippen LogP) is 4.48. The molecular formula is C30H34ClNO5. The van der Waals surface area contributed by atoms with Crippen molar-refractivity contribution in [1.82, 2.24) is 4.90 Å². The second-order valence-electron chi connectivity index (χ2n) is 9.09. The maximum absolute atomic E-state index is 13.2. The minimum Gasteiger partial charge on any atom is -0.465 e. The maximum atomic E-state index is 13.2. The number of hydrogen-bond donors (Lipinski definition) is 1. The van der Waals surface area contributed by atoms with Crippen molar-refractivity contribution in [2.75, 3.05) is 32.8 Å². The van der Waals surface area contributed by atoms with Gasteiger partial charge in [0.1, 0.15) is 6.61 Å². The summed E-state index contributed by atoms with van der Waals surface area (Å²) in [7, 11) is 0. The Hall–Kier alpha value is -3.19. The van der Waals surface area contributed by atoms with Gasteiger partial charge in [-0.2, -0.15) is 0 Å². The van der Waals surface area contributed by atoms with Crippen LogP contribution in [0.1, 0.15) is 36.5 Å². The van der Waals surface area contributed by atoms with Crippen LogP contribution >= 0.6 is 12.4 Å². The fourth-order valence-electron chi connectivity index (χ4n) is 4.93. The molecule has 7 heteroatoms. The van der Waals surface area contributed by atoms with Crippen molar-refractivity contribution in [1.29, 1.82) is 0 Å². The number of hydrogen-bond acceptors (Lipinski definition) is 6. The Morgan fingerprint density at radius 2 is 1.32 bits per heavy atom. The van der Waals surface area contributed by atoms with Crippen LogP contribution in [-0.2, 0) is 30.1 Å². The van der Waals surface area contributed by atoms with E-state index in [9.17, 15) is 14.7 Å². The summed E-state index contributed by atoms with van der Waals surface area (Å²) < 4.78 is 11.1. The highest BCUT2D eigenvalue weighted by molar-refractivity contribution is 5.86.